The van der Waals surface area contributed by atoms with Crippen LogP contribution in [0.1, 0.15) is 0 Å². The summed E-state index contributed by atoms with van der Waals surface area (Å²) >= 11 is 13.1. The number of hydrogen-bond acceptors (Lipinski definition) is 0. The molecule has 4 aromatic carbocycles. The van der Waals surface area contributed by atoms with Crippen LogP contribution in [0.3, 0.4) is 0 Å². The van der Waals surface area contributed by atoms with Gasteiger partial charge in [0.05, 0.1) is 0 Å². The second-order valence-corrected chi connectivity index (χ2v) is 6.94. The highest BCUT2D eigenvalue weighted by molar-refractivity contribution is 6.36. The largest absolute Gasteiger partial charge is 0.0837 e. The molecule has 0 saturated carbocycles. The number of halogens is 2. The van der Waals surface area contributed by atoms with E-state index in [9.17, 15) is 0 Å². The van der Waals surface area contributed by atoms with Gasteiger partial charge < -0.3 is 0 Å². The van der Waals surface area contributed by atoms with Crippen LogP contribution in [0.15, 0.2) is 97.1 Å². The molecular weight excluding hydrogens is 359 g/mol. The molecule has 0 aliphatic rings. The summed E-state index contributed by atoms with van der Waals surface area (Å²) < 4.78 is 0. The van der Waals surface area contributed by atoms with E-state index in [1.165, 1.54) is 0 Å². The van der Waals surface area contributed by atoms with Crippen molar-refractivity contribution in [1.82, 2.24) is 0 Å². The Labute approximate surface area is 163 Å². The van der Waals surface area contributed by atoms with Crippen molar-refractivity contribution in [1.29, 1.82) is 0 Å². The van der Waals surface area contributed by atoms with E-state index >= 15 is 0 Å². The second kappa shape index (κ2) is 7.37. The minimum Gasteiger partial charge on any atom is -0.0837 e. The van der Waals surface area contributed by atoms with E-state index in [1.54, 1.807) is 0 Å². The third kappa shape index (κ3) is 3.39. The molecule has 2 heteroatoms. The van der Waals surface area contributed by atoms with Gasteiger partial charge in [0.25, 0.3) is 0 Å². The summed E-state index contributed by atoms with van der Waals surface area (Å²) in [5, 5.41) is 1.38. The zero-order chi connectivity index (χ0) is 17.9. The number of hydrogen-bond donors (Lipinski definition) is 0. The molecule has 0 nitrogen and oxygen atoms in total. The molecule has 0 fully saturated rings. The van der Waals surface area contributed by atoms with Gasteiger partial charge in [-0.25, -0.2) is 0 Å². The molecule has 0 spiro atoms. The molecule has 0 amide bonds. The highest BCUT2D eigenvalue weighted by Gasteiger charge is 2.11. The molecule has 0 aliphatic heterocycles. The van der Waals surface area contributed by atoms with Crippen LogP contribution in [-0.4, -0.2) is 0 Å². The molecule has 126 valence electrons. The molecule has 0 N–H and O–H groups in total. The van der Waals surface area contributed by atoms with Crippen molar-refractivity contribution in [2.75, 3.05) is 0 Å². The van der Waals surface area contributed by atoms with Gasteiger partial charge >= 0.3 is 0 Å². The van der Waals surface area contributed by atoms with Crippen LogP contribution in [0.4, 0.5) is 0 Å². The summed E-state index contributed by atoms with van der Waals surface area (Å²) in [6, 6.07) is 32.7. The van der Waals surface area contributed by atoms with Gasteiger partial charge in [-0.3, -0.25) is 0 Å². The van der Waals surface area contributed by atoms with Crippen LogP contribution in [-0.2, 0) is 0 Å². The Kier molecular flexibility index (Phi) is 4.79. The third-order valence-electron chi connectivity index (χ3n) is 4.44. The van der Waals surface area contributed by atoms with Crippen LogP contribution in [0, 0.1) is 0 Å². The fourth-order valence-electron chi connectivity index (χ4n) is 3.08. The first-order valence-corrected chi connectivity index (χ1v) is 9.18. The SMILES string of the molecule is Clc1ccc(-c2ccccc2)cc1-c1cc(-c2ccccc2)ccc1Cl. The average Bonchev–Trinajstić information content (AvgIpc) is 2.70. The van der Waals surface area contributed by atoms with Crippen LogP contribution >= 0.6 is 23.2 Å². The Morgan fingerprint density at radius 1 is 0.385 bits per heavy atom. The van der Waals surface area contributed by atoms with Crippen molar-refractivity contribution in [3.8, 4) is 33.4 Å². The lowest BCUT2D eigenvalue weighted by Crippen LogP contribution is -1.86. The van der Waals surface area contributed by atoms with Gasteiger partial charge in [-0.15, -0.1) is 0 Å². The Hall–Kier alpha value is -2.54. The smallest absolute Gasteiger partial charge is 0.0485 e. The molecule has 0 aromatic heterocycles. The average molecular weight is 375 g/mol. The van der Waals surface area contributed by atoms with E-state index in [0.717, 1.165) is 33.4 Å². The lowest BCUT2D eigenvalue weighted by molar-refractivity contribution is 1.57. The molecule has 0 heterocycles. The maximum Gasteiger partial charge on any atom is 0.0485 e. The normalized spacial score (nSPS) is 10.7. The van der Waals surface area contributed by atoms with Gasteiger partial charge in [-0.1, -0.05) is 96.0 Å². The summed E-state index contributed by atoms with van der Waals surface area (Å²) in [5.74, 6) is 0. The van der Waals surface area contributed by atoms with Crippen molar-refractivity contribution in [2.45, 2.75) is 0 Å². The standard InChI is InChI=1S/C24H16Cl2/c25-23-13-11-19(17-7-3-1-4-8-17)15-21(23)22-16-20(12-14-24(22)26)18-9-5-2-6-10-18/h1-16H. The summed E-state index contributed by atoms with van der Waals surface area (Å²) in [6.45, 7) is 0. The number of benzene rings is 4. The van der Waals surface area contributed by atoms with E-state index in [4.69, 9.17) is 23.2 Å². The van der Waals surface area contributed by atoms with Crippen LogP contribution in [0.5, 0.6) is 0 Å². The highest BCUT2D eigenvalue weighted by Crippen LogP contribution is 2.38. The first-order valence-electron chi connectivity index (χ1n) is 8.43. The van der Waals surface area contributed by atoms with Gasteiger partial charge in [0.1, 0.15) is 0 Å². The fraction of sp³-hybridized carbons (Fsp3) is 0. The molecule has 4 rings (SSSR count). The quantitative estimate of drug-likeness (QED) is 0.340. The predicted octanol–water partition coefficient (Wildman–Crippen LogP) is 7.99. The maximum atomic E-state index is 6.53. The highest BCUT2D eigenvalue weighted by atomic mass is 35.5. The predicted molar refractivity (Wildman–Crippen MR) is 113 cm³/mol. The van der Waals surface area contributed by atoms with Crippen molar-refractivity contribution in [2.24, 2.45) is 0 Å². The van der Waals surface area contributed by atoms with Crippen LogP contribution in [0.2, 0.25) is 10.0 Å². The molecular formula is C24H16Cl2. The molecule has 0 aliphatic carbocycles. The Morgan fingerprint density at radius 3 is 1.15 bits per heavy atom. The lowest BCUT2D eigenvalue weighted by atomic mass is 9.96. The molecule has 0 saturated heterocycles. The van der Waals surface area contributed by atoms with Gasteiger partial charge in [0, 0.05) is 21.2 Å². The third-order valence-corrected chi connectivity index (χ3v) is 5.10. The molecule has 26 heavy (non-hydrogen) atoms. The van der Waals surface area contributed by atoms with E-state index in [1.807, 2.05) is 60.7 Å². The second-order valence-electron chi connectivity index (χ2n) is 6.12. The van der Waals surface area contributed by atoms with Crippen LogP contribution in [0.25, 0.3) is 33.4 Å². The van der Waals surface area contributed by atoms with Gasteiger partial charge in [0.2, 0.25) is 0 Å². The first kappa shape index (κ1) is 16.9. The van der Waals surface area contributed by atoms with E-state index in [0.29, 0.717) is 10.0 Å². The Bertz CT molecular complexity index is 951. The molecule has 0 atom stereocenters. The van der Waals surface area contributed by atoms with Crippen molar-refractivity contribution in [3.63, 3.8) is 0 Å². The molecule has 4 aromatic rings. The molecule has 0 bridgehead atoms. The van der Waals surface area contributed by atoms with Crippen molar-refractivity contribution >= 4 is 23.2 Å². The zero-order valence-corrected chi connectivity index (χ0v) is 15.5. The van der Waals surface area contributed by atoms with Gasteiger partial charge in [-0.2, -0.15) is 0 Å². The zero-order valence-electron chi connectivity index (χ0n) is 14.0. The van der Waals surface area contributed by atoms with Gasteiger partial charge in [0.15, 0.2) is 0 Å². The summed E-state index contributed by atoms with van der Waals surface area (Å²) in [4.78, 5) is 0. The Morgan fingerprint density at radius 2 is 0.769 bits per heavy atom. The summed E-state index contributed by atoms with van der Waals surface area (Å²) in [7, 11) is 0. The van der Waals surface area contributed by atoms with Gasteiger partial charge in [-0.05, 0) is 46.5 Å². The van der Waals surface area contributed by atoms with E-state index in [-0.39, 0.29) is 0 Å². The minimum atomic E-state index is 0.691. The lowest BCUT2D eigenvalue weighted by Gasteiger charge is -2.12. The van der Waals surface area contributed by atoms with E-state index < -0.39 is 0 Å². The summed E-state index contributed by atoms with van der Waals surface area (Å²) in [5.41, 5.74) is 6.42. The van der Waals surface area contributed by atoms with Crippen molar-refractivity contribution < 1.29 is 0 Å². The fourth-order valence-corrected chi connectivity index (χ4v) is 3.52. The van der Waals surface area contributed by atoms with E-state index in [2.05, 4.69) is 36.4 Å². The monoisotopic (exact) mass is 374 g/mol. The molecule has 0 radical (unpaired) electrons. The molecule has 0 unspecified atom stereocenters. The number of rotatable bonds is 3. The first-order chi connectivity index (χ1) is 12.7. The van der Waals surface area contributed by atoms with Crippen LogP contribution < -0.4 is 0 Å². The summed E-state index contributed by atoms with van der Waals surface area (Å²) in [6.07, 6.45) is 0. The Balaban J connectivity index is 1.85. The van der Waals surface area contributed by atoms with Crippen molar-refractivity contribution in [3.05, 3.63) is 107 Å². The minimum absolute atomic E-state index is 0.691. The topological polar surface area (TPSA) is 0 Å². The maximum absolute atomic E-state index is 6.53.